The summed E-state index contributed by atoms with van der Waals surface area (Å²) in [5.74, 6) is 1.08. The summed E-state index contributed by atoms with van der Waals surface area (Å²) < 4.78 is 5.06. The summed E-state index contributed by atoms with van der Waals surface area (Å²) in [6.45, 7) is 0.284. The molecule has 0 aromatic carbocycles. The third kappa shape index (κ3) is 4.93. The predicted molar refractivity (Wildman–Crippen MR) is 71.6 cm³/mol. The number of carbonyl (C=O) groups excluding carboxylic acids is 1. The van der Waals surface area contributed by atoms with Crippen LogP contribution in [0.4, 0.5) is 0 Å². The lowest BCUT2D eigenvalue weighted by molar-refractivity contribution is -0.129. The summed E-state index contributed by atoms with van der Waals surface area (Å²) in [5, 5.41) is 12.2. The average molecular weight is 270 g/mol. The van der Waals surface area contributed by atoms with Gasteiger partial charge in [0.25, 0.3) is 0 Å². The summed E-state index contributed by atoms with van der Waals surface area (Å²) in [5.41, 5.74) is 0.694. The molecule has 1 aromatic rings. The lowest BCUT2D eigenvalue weighted by atomic mass is 10.2. The van der Waals surface area contributed by atoms with Crippen molar-refractivity contribution in [1.82, 2.24) is 10.3 Å². The molecule has 0 bridgehead atoms. The SMILES string of the molecule is COc1ccnc(CNC(=O)C(O)CCSC)c1. The maximum Gasteiger partial charge on any atom is 0.249 e. The Morgan fingerprint density at radius 2 is 2.44 bits per heavy atom. The minimum atomic E-state index is -0.956. The molecule has 0 radical (unpaired) electrons. The van der Waals surface area contributed by atoms with E-state index in [2.05, 4.69) is 10.3 Å². The number of thioether (sulfide) groups is 1. The maximum absolute atomic E-state index is 11.5. The summed E-state index contributed by atoms with van der Waals surface area (Å²) >= 11 is 1.60. The first-order valence-electron chi connectivity index (χ1n) is 5.61. The Balaban J connectivity index is 2.41. The molecule has 0 aliphatic rings. The van der Waals surface area contributed by atoms with Crippen LogP contribution in [0.1, 0.15) is 12.1 Å². The van der Waals surface area contributed by atoms with Crippen molar-refractivity contribution in [3.63, 3.8) is 0 Å². The van der Waals surface area contributed by atoms with Gasteiger partial charge >= 0.3 is 0 Å². The zero-order valence-corrected chi connectivity index (χ0v) is 11.4. The van der Waals surface area contributed by atoms with E-state index in [1.807, 2.05) is 6.26 Å². The highest BCUT2D eigenvalue weighted by Crippen LogP contribution is 2.09. The fourth-order valence-electron chi connectivity index (χ4n) is 1.34. The van der Waals surface area contributed by atoms with Crippen LogP contribution in [0.15, 0.2) is 18.3 Å². The fourth-order valence-corrected chi connectivity index (χ4v) is 1.79. The van der Waals surface area contributed by atoms with Gasteiger partial charge in [-0.1, -0.05) is 0 Å². The van der Waals surface area contributed by atoms with E-state index in [1.165, 1.54) is 0 Å². The van der Waals surface area contributed by atoms with Crippen LogP contribution in [-0.4, -0.2) is 41.2 Å². The number of aliphatic hydroxyl groups excluding tert-OH is 1. The number of hydrogen-bond donors (Lipinski definition) is 2. The molecule has 1 atom stereocenters. The van der Waals surface area contributed by atoms with Crippen LogP contribution in [0, 0.1) is 0 Å². The quantitative estimate of drug-likeness (QED) is 0.767. The molecule has 100 valence electrons. The van der Waals surface area contributed by atoms with E-state index >= 15 is 0 Å². The number of nitrogens with zero attached hydrogens (tertiary/aromatic N) is 1. The van der Waals surface area contributed by atoms with Crippen LogP contribution < -0.4 is 10.1 Å². The Labute approximate surface area is 111 Å². The summed E-state index contributed by atoms with van der Waals surface area (Å²) in [4.78, 5) is 15.6. The number of hydrogen-bond acceptors (Lipinski definition) is 5. The molecule has 1 rings (SSSR count). The highest BCUT2D eigenvalue weighted by molar-refractivity contribution is 7.98. The van der Waals surface area contributed by atoms with Crippen molar-refractivity contribution in [2.24, 2.45) is 0 Å². The Morgan fingerprint density at radius 3 is 3.11 bits per heavy atom. The second kappa shape index (κ2) is 7.94. The topological polar surface area (TPSA) is 71.5 Å². The third-order valence-corrected chi connectivity index (χ3v) is 3.01. The number of ether oxygens (including phenoxy) is 1. The summed E-state index contributed by atoms with van der Waals surface area (Å²) in [6.07, 6.45) is 3.05. The Morgan fingerprint density at radius 1 is 1.67 bits per heavy atom. The van der Waals surface area contributed by atoms with E-state index in [1.54, 1.807) is 37.2 Å². The van der Waals surface area contributed by atoms with Gasteiger partial charge < -0.3 is 15.2 Å². The van der Waals surface area contributed by atoms with E-state index in [-0.39, 0.29) is 12.5 Å². The van der Waals surface area contributed by atoms with Crippen LogP contribution in [0.25, 0.3) is 0 Å². The van der Waals surface area contributed by atoms with E-state index in [0.29, 0.717) is 17.9 Å². The van der Waals surface area contributed by atoms with Crippen LogP contribution in [0.3, 0.4) is 0 Å². The first kappa shape index (κ1) is 14.8. The number of pyridine rings is 1. The molecule has 0 aliphatic heterocycles. The second-order valence-electron chi connectivity index (χ2n) is 3.70. The largest absolute Gasteiger partial charge is 0.497 e. The average Bonchev–Trinajstić information content (AvgIpc) is 2.42. The van der Waals surface area contributed by atoms with Gasteiger partial charge in [0.1, 0.15) is 11.9 Å². The Bertz CT molecular complexity index is 387. The van der Waals surface area contributed by atoms with Crippen LogP contribution in [0.5, 0.6) is 5.75 Å². The van der Waals surface area contributed by atoms with Gasteiger partial charge in [-0.05, 0) is 24.5 Å². The molecule has 0 saturated carbocycles. The molecule has 2 N–H and O–H groups in total. The standard InChI is InChI=1S/C12H18N2O3S/c1-17-10-3-5-13-9(7-10)8-14-12(16)11(15)4-6-18-2/h3,5,7,11,15H,4,6,8H2,1-2H3,(H,14,16). The second-order valence-corrected chi connectivity index (χ2v) is 4.69. The van der Waals surface area contributed by atoms with Gasteiger partial charge in [-0.2, -0.15) is 11.8 Å². The molecule has 1 aromatic heterocycles. The van der Waals surface area contributed by atoms with Crippen molar-refractivity contribution >= 4 is 17.7 Å². The monoisotopic (exact) mass is 270 g/mol. The molecular weight excluding hydrogens is 252 g/mol. The van der Waals surface area contributed by atoms with Gasteiger partial charge in [-0.3, -0.25) is 9.78 Å². The maximum atomic E-state index is 11.5. The van der Waals surface area contributed by atoms with Gasteiger partial charge in [0.15, 0.2) is 0 Å². The molecule has 0 saturated heterocycles. The molecule has 0 spiro atoms. The third-order valence-electron chi connectivity index (χ3n) is 2.37. The number of aromatic nitrogens is 1. The van der Waals surface area contributed by atoms with Crippen LogP contribution in [-0.2, 0) is 11.3 Å². The van der Waals surface area contributed by atoms with Gasteiger partial charge in [0.2, 0.25) is 5.91 Å². The molecule has 0 aliphatic carbocycles. The smallest absolute Gasteiger partial charge is 0.249 e. The minimum Gasteiger partial charge on any atom is -0.497 e. The number of aliphatic hydroxyl groups is 1. The van der Waals surface area contributed by atoms with Gasteiger partial charge in [0, 0.05) is 12.3 Å². The van der Waals surface area contributed by atoms with Crippen LogP contribution >= 0.6 is 11.8 Å². The van der Waals surface area contributed by atoms with Crippen molar-refractivity contribution in [2.45, 2.75) is 19.1 Å². The molecule has 1 heterocycles. The molecule has 18 heavy (non-hydrogen) atoms. The lowest BCUT2D eigenvalue weighted by Gasteiger charge is -2.10. The number of carbonyl (C=O) groups is 1. The van der Waals surface area contributed by atoms with Gasteiger partial charge in [-0.25, -0.2) is 0 Å². The summed E-state index contributed by atoms with van der Waals surface area (Å²) in [6, 6.07) is 3.48. The van der Waals surface area contributed by atoms with E-state index < -0.39 is 6.10 Å². The minimum absolute atomic E-state index is 0.284. The van der Waals surface area contributed by atoms with E-state index in [0.717, 1.165) is 5.75 Å². The van der Waals surface area contributed by atoms with Crippen LogP contribution in [0.2, 0.25) is 0 Å². The first-order valence-corrected chi connectivity index (χ1v) is 7.00. The highest BCUT2D eigenvalue weighted by Gasteiger charge is 2.13. The molecule has 1 amide bonds. The molecule has 6 heteroatoms. The molecular formula is C12H18N2O3S. The molecule has 1 unspecified atom stereocenters. The number of amides is 1. The number of nitrogens with one attached hydrogen (secondary N) is 1. The highest BCUT2D eigenvalue weighted by atomic mass is 32.2. The zero-order valence-electron chi connectivity index (χ0n) is 10.5. The molecule has 0 fully saturated rings. The van der Waals surface area contributed by atoms with Crippen molar-refractivity contribution in [3.05, 3.63) is 24.0 Å². The van der Waals surface area contributed by atoms with E-state index in [4.69, 9.17) is 4.74 Å². The van der Waals surface area contributed by atoms with Crippen molar-refractivity contribution in [3.8, 4) is 5.75 Å². The molecule has 5 nitrogen and oxygen atoms in total. The van der Waals surface area contributed by atoms with Gasteiger partial charge in [-0.15, -0.1) is 0 Å². The van der Waals surface area contributed by atoms with E-state index in [9.17, 15) is 9.90 Å². The fraction of sp³-hybridized carbons (Fsp3) is 0.500. The number of methoxy groups -OCH3 is 1. The number of rotatable bonds is 7. The summed E-state index contributed by atoms with van der Waals surface area (Å²) in [7, 11) is 1.57. The Hall–Kier alpha value is -1.27. The van der Waals surface area contributed by atoms with Gasteiger partial charge in [0.05, 0.1) is 19.3 Å². The lowest BCUT2D eigenvalue weighted by Crippen LogP contribution is -2.34. The van der Waals surface area contributed by atoms with Crippen molar-refractivity contribution in [2.75, 3.05) is 19.1 Å². The first-order chi connectivity index (χ1) is 8.67. The Kier molecular flexibility index (Phi) is 6.53. The predicted octanol–water partition coefficient (Wildman–Crippen LogP) is 0.820. The normalized spacial score (nSPS) is 11.9. The zero-order chi connectivity index (χ0) is 13.4. The van der Waals surface area contributed by atoms with Crippen molar-refractivity contribution in [1.29, 1.82) is 0 Å². The van der Waals surface area contributed by atoms with Crippen molar-refractivity contribution < 1.29 is 14.6 Å².